The molecule has 1 amide bonds. The van der Waals surface area contributed by atoms with Crippen LogP contribution in [0.15, 0.2) is 42.5 Å². The fourth-order valence-electron chi connectivity index (χ4n) is 6.26. The minimum Gasteiger partial charge on any atom is -0.497 e. The molecule has 0 bridgehead atoms. The third kappa shape index (κ3) is 3.91. The van der Waals surface area contributed by atoms with Crippen LogP contribution < -0.4 is 4.74 Å². The molecule has 1 aliphatic carbocycles. The van der Waals surface area contributed by atoms with E-state index < -0.39 is 0 Å². The number of halogens is 1. The zero-order valence-corrected chi connectivity index (χ0v) is 20.1. The highest BCUT2D eigenvalue weighted by Gasteiger charge is 2.48. The lowest BCUT2D eigenvalue weighted by Crippen LogP contribution is -2.54. The molecule has 2 fully saturated rings. The molecule has 0 radical (unpaired) electrons. The number of aromatic amines is 1. The van der Waals surface area contributed by atoms with Crippen LogP contribution in [0.5, 0.6) is 5.75 Å². The molecule has 2 N–H and O–H groups in total. The number of hydrogen-bond acceptors (Lipinski definition) is 4. The second-order valence-corrected chi connectivity index (χ2v) is 10.5. The summed E-state index contributed by atoms with van der Waals surface area (Å²) in [6.07, 6.45) is 4.23. The minimum atomic E-state index is -0.334. The molecule has 3 aromatic rings. The summed E-state index contributed by atoms with van der Waals surface area (Å²) in [6, 6.07) is 11.9. The highest BCUT2D eigenvalue weighted by Crippen LogP contribution is 2.50. The van der Waals surface area contributed by atoms with Crippen LogP contribution in [0.4, 0.5) is 4.39 Å². The molecule has 1 saturated heterocycles. The van der Waals surface area contributed by atoms with Gasteiger partial charge in [0, 0.05) is 59.8 Å². The number of benzene rings is 2. The number of hydrogen-bond donors (Lipinski definition) is 2. The first-order valence-electron chi connectivity index (χ1n) is 12.6. The van der Waals surface area contributed by atoms with Crippen LogP contribution in [0.3, 0.4) is 0 Å². The average Bonchev–Trinajstić information content (AvgIpc) is 3.61. The van der Waals surface area contributed by atoms with Crippen LogP contribution in [0, 0.1) is 11.7 Å². The normalized spacial score (nSPS) is 21.9. The van der Waals surface area contributed by atoms with Crippen LogP contribution >= 0.6 is 0 Å². The van der Waals surface area contributed by atoms with Gasteiger partial charge in [-0.25, -0.2) is 4.39 Å². The number of piperidine rings is 1. The summed E-state index contributed by atoms with van der Waals surface area (Å²) in [5.74, 6) is 1.15. The lowest BCUT2D eigenvalue weighted by molar-refractivity contribution is 0.0402. The molecule has 1 spiro atoms. The molecule has 6 nitrogen and oxygen atoms in total. The van der Waals surface area contributed by atoms with Crippen molar-refractivity contribution in [2.75, 3.05) is 39.9 Å². The van der Waals surface area contributed by atoms with Crippen LogP contribution in [0.2, 0.25) is 0 Å². The molecule has 1 saturated carbocycles. The van der Waals surface area contributed by atoms with E-state index in [1.165, 1.54) is 35.9 Å². The van der Waals surface area contributed by atoms with Crippen molar-refractivity contribution >= 4 is 16.8 Å². The minimum absolute atomic E-state index is 0.0392. The van der Waals surface area contributed by atoms with Crippen LogP contribution in [-0.2, 0) is 5.41 Å². The molecule has 3 heterocycles. The second-order valence-electron chi connectivity index (χ2n) is 10.5. The number of nitrogens with zero attached hydrogens (tertiary/aromatic N) is 2. The van der Waals surface area contributed by atoms with E-state index in [2.05, 4.69) is 16.0 Å². The van der Waals surface area contributed by atoms with Crippen LogP contribution in [0.1, 0.15) is 53.3 Å². The van der Waals surface area contributed by atoms with Gasteiger partial charge >= 0.3 is 0 Å². The number of carbonyl (C=O) groups is 1. The number of carbonyl (C=O) groups excluding carboxylic acids is 1. The molecule has 1 aromatic heterocycles. The van der Waals surface area contributed by atoms with Crippen molar-refractivity contribution in [2.45, 2.75) is 37.1 Å². The van der Waals surface area contributed by atoms with E-state index in [4.69, 9.17) is 4.74 Å². The van der Waals surface area contributed by atoms with Crippen LogP contribution in [-0.4, -0.2) is 65.7 Å². The van der Waals surface area contributed by atoms with Gasteiger partial charge in [0.2, 0.25) is 0 Å². The Morgan fingerprint density at radius 2 is 1.91 bits per heavy atom. The summed E-state index contributed by atoms with van der Waals surface area (Å²) in [5.41, 5.74) is 3.88. The van der Waals surface area contributed by atoms with Crippen LogP contribution in [0.25, 0.3) is 10.9 Å². The second kappa shape index (κ2) is 8.64. The number of aliphatic hydroxyl groups excluding tert-OH is 1. The number of aliphatic hydroxyl groups is 1. The number of methoxy groups -OCH3 is 1. The van der Waals surface area contributed by atoms with Crippen molar-refractivity contribution < 1.29 is 19.0 Å². The Morgan fingerprint density at radius 1 is 1.17 bits per heavy atom. The SMILES string of the molecule is COc1ccc2c3c([nH]c2c1)[C@H](CO)N(CC1CC1)CC31CCN(C(=O)c2ccc(F)cc2)CC1. The van der Waals surface area contributed by atoms with E-state index in [1.807, 2.05) is 17.0 Å². The Balaban J connectivity index is 1.36. The molecule has 2 aliphatic heterocycles. The summed E-state index contributed by atoms with van der Waals surface area (Å²) in [5, 5.41) is 11.6. The standard InChI is InChI=1S/C28H32FN3O3/c1-35-21-8-9-22-23(14-21)30-26-24(16-33)32(15-18-2-3-18)17-28(25(22)26)10-12-31(13-11-28)27(34)19-4-6-20(29)7-5-19/h4-9,14,18,24,30,33H,2-3,10-13,15-17H2,1H3/t24-/m0/s1. The fourth-order valence-corrected chi connectivity index (χ4v) is 6.26. The maximum atomic E-state index is 13.4. The summed E-state index contributed by atoms with van der Waals surface area (Å²) >= 11 is 0. The number of rotatable bonds is 5. The summed E-state index contributed by atoms with van der Waals surface area (Å²) in [7, 11) is 1.67. The first kappa shape index (κ1) is 22.6. The molecule has 7 heteroatoms. The number of fused-ring (bicyclic) bond motifs is 4. The topological polar surface area (TPSA) is 68.8 Å². The Morgan fingerprint density at radius 3 is 2.57 bits per heavy atom. The number of aromatic nitrogens is 1. The number of ether oxygens (including phenoxy) is 1. The molecule has 3 aliphatic rings. The van der Waals surface area contributed by atoms with E-state index in [1.54, 1.807) is 19.2 Å². The maximum absolute atomic E-state index is 13.4. The van der Waals surface area contributed by atoms with Crippen molar-refractivity contribution in [3.05, 3.63) is 65.1 Å². The zero-order chi connectivity index (χ0) is 24.2. The molecule has 2 aromatic carbocycles. The van der Waals surface area contributed by atoms with E-state index >= 15 is 0 Å². The molecular weight excluding hydrogens is 445 g/mol. The Hall–Kier alpha value is -2.90. The third-order valence-corrected chi connectivity index (χ3v) is 8.31. The molecule has 35 heavy (non-hydrogen) atoms. The van der Waals surface area contributed by atoms with Gasteiger partial charge < -0.3 is 19.7 Å². The average molecular weight is 478 g/mol. The fraction of sp³-hybridized carbons (Fsp3) is 0.464. The van der Waals surface area contributed by atoms with Gasteiger partial charge in [-0.1, -0.05) is 0 Å². The number of nitrogens with one attached hydrogen (secondary N) is 1. The Bertz CT molecular complexity index is 1240. The van der Waals surface area contributed by atoms with Crippen molar-refractivity contribution in [1.29, 1.82) is 0 Å². The van der Waals surface area contributed by atoms with E-state index in [0.29, 0.717) is 24.6 Å². The quantitative estimate of drug-likeness (QED) is 0.577. The van der Waals surface area contributed by atoms with Gasteiger partial charge in [0.25, 0.3) is 5.91 Å². The Labute approximate surface area is 204 Å². The van der Waals surface area contributed by atoms with Crippen molar-refractivity contribution in [3.63, 3.8) is 0 Å². The Kier molecular flexibility index (Phi) is 5.57. The molecule has 184 valence electrons. The lowest BCUT2D eigenvalue weighted by Gasteiger charge is -2.50. The highest BCUT2D eigenvalue weighted by atomic mass is 19.1. The predicted molar refractivity (Wildman–Crippen MR) is 132 cm³/mol. The number of amides is 1. The maximum Gasteiger partial charge on any atom is 0.253 e. The van der Waals surface area contributed by atoms with Gasteiger partial charge in [-0.05, 0) is 73.6 Å². The van der Waals surface area contributed by atoms with Crippen molar-refractivity contribution in [1.82, 2.24) is 14.8 Å². The van der Waals surface area contributed by atoms with Gasteiger partial charge in [0.15, 0.2) is 0 Å². The van der Waals surface area contributed by atoms with Gasteiger partial charge in [-0.2, -0.15) is 0 Å². The zero-order valence-electron chi connectivity index (χ0n) is 20.1. The lowest BCUT2D eigenvalue weighted by atomic mass is 9.68. The van der Waals surface area contributed by atoms with Gasteiger partial charge in [-0.3, -0.25) is 9.69 Å². The first-order valence-corrected chi connectivity index (χ1v) is 12.6. The third-order valence-electron chi connectivity index (χ3n) is 8.31. The van der Waals surface area contributed by atoms with Crippen molar-refractivity contribution in [3.8, 4) is 5.75 Å². The van der Waals surface area contributed by atoms with Crippen molar-refractivity contribution in [2.24, 2.45) is 5.92 Å². The highest BCUT2D eigenvalue weighted by molar-refractivity contribution is 5.94. The van der Waals surface area contributed by atoms with Gasteiger partial charge in [-0.15, -0.1) is 0 Å². The number of H-pyrrole nitrogens is 1. The molecule has 6 rings (SSSR count). The van der Waals surface area contributed by atoms with E-state index in [0.717, 1.165) is 42.9 Å². The largest absolute Gasteiger partial charge is 0.497 e. The van der Waals surface area contributed by atoms with Gasteiger partial charge in [0.1, 0.15) is 11.6 Å². The van der Waals surface area contributed by atoms with E-state index in [9.17, 15) is 14.3 Å². The molecular formula is C28H32FN3O3. The number of likely N-dealkylation sites (tertiary alicyclic amines) is 1. The van der Waals surface area contributed by atoms with Gasteiger partial charge in [0.05, 0.1) is 19.8 Å². The van der Waals surface area contributed by atoms with E-state index in [-0.39, 0.29) is 29.8 Å². The summed E-state index contributed by atoms with van der Waals surface area (Å²) < 4.78 is 18.8. The monoisotopic (exact) mass is 477 g/mol. The smallest absolute Gasteiger partial charge is 0.253 e. The molecule has 1 atom stereocenters. The summed E-state index contributed by atoms with van der Waals surface area (Å²) in [6.45, 7) is 3.27. The predicted octanol–water partition coefficient (Wildman–Crippen LogP) is 4.25. The molecule has 0 unspecified atom stereocenters. The first-order chi connectivity index (χ1) is 17.0. The summed E-state index contributed by atoms with van der Waals surface area (Å²) in [4.78, 5) is 21.1.